The van der Waals surface area contributed by atoms with Crippen molar-refractivity contribution in [3.05, 3.63) is 45.9 Å². The van der Waals surface area contributed by atoms with E-state index in [1.54, 1.807) is 0 Å². The van der Waals surface area contributed by atoms with Gasteiger partial charge in [-0.05, 0) is 38.8 Å². The van der Waals surface area contributed by atoms with E-state index in [1.165, 1.54) is 16.9 Å². The maximum absolute atomic E-state index is 12.5. The highest BCUT2D eigenvalue weighted by Crippen LogP contribution is 2.20. The van der Waals surface area contributed by atoms with E-state index in [2.05, 4.69) is 4.98 Å². The highest BCUT2D eigenvalue weighted by atomic mass is 32.1. The number of esters is 1. The molecule has 1 amide bonds. The molecule has 2 aromatic rings. The number of amides is 1. The zero-order chi connectivity index (χ0) is 19.9. The predicted octanol–water partition coefficient (Wildman–Crippen LogP) is 3.37. The molecule has 150 valence electrons. The second kappa shape index (κ2) is 9.68. The number of likely N-dealkylation sites (tertiary alicyclic amines) is 1. The summed E-state index contributed by atoms with van der Waals surface area (Å²) in [5.41, 5.74) is 1.96. The number of carbonyl (C=O) groups excluding carboxylic acids is 2. The molecule has 0 N–H and O–H groups in total. The summed E-state index contributed by atoms with van der Waals surface area (Å²) in [4.78, 5) is 30.7. The molecule has 1 aromatic carbocycles. The fourth-order valence-corrected chi connectivity index (χ4v) is 3.87. The van der Waals surface area contributed by atoms with Gasteiger partial charge in [-0.2, -0.15) is 0 Å². The normalized spacial score (nSPS) is 14.7. The first kappa shape index (κ1) is 20.3. The third-order valence-electron chi connectivity index (χ3n) is 4.78. The maximum Gasteiger partial charge on any atom is 0.309 e. The minimum absolute atomic E-state index is 0.0543. The summed E-state index contributed by atoms with van der Waals surface area (Å²) >= 11 is 1.50. The molecule has 28 heavy (non-hydrogen) atoms. The van der Waals surface area contributed by atoms with Crippen molar-refractivity contribution < 1.29 is 19.1 Å². The first-order chi connectivity index (χ1) is 13.5. The van der Waals surface area contributed by atoms with E-state index >= 15 is 0 Å². The van der Waals surface area contributed by atoms with Crippen molar-refractivity contribution in [3.63, 3.8) is 0 Å². The van der Waals surface area contributed by atoms with Crippen molar-refractivity contribution in [3.8, 4) is 5.75 Å². The van der Waals surface area contributed by atoms with Crippen LogP contribution in [0.5, 0.6) is 5.75 Å². The summed E-state index contributed by atoms with van der Waals surface area (Å²) < 4.78 is 10.8. The van der Waals surface area contributed by atoms with Crippen molar-refractivity contribution in [1.29, 1.82) is 0 Å². The Balaban J connectivity index is 1.45. The van der Waals surface area contributed by atoms with Gasteiger partial charge >= 0.3 is 5.97 Å². The van der Waals surface area contributed by atoms with Crippen molar-refractivity contribution in [2.24, 2.45) is 5.92 Å². The summed E-state index contributed by atoms with van der Waals surface area (Å²) in [5.74, 6) is 0.627. The van der Waals surface area contributed by atoms with Gasteiger partial charge in [-0.3, -0.25) is 9.59 Å². The topological polar surface area (TPSA) is 68.7 Å². The van der Waals surface area contributed by atoms with Gasteiger partial charge in [-0.25, -0.2) is 4.98 Å². The number of hydrogen-bond donors (Lipinski definition) is 0. The molecule has 1 saturated heterocycles. The van der Waals surface area contributed by atoms with Gasteiger partial charge in [0.2, 0.25) is 5.91 Å². The van der Waals surface area contributed by atoms with Crippen molar-refractivity contribution in [1.82, 2.24) is 9.88 Å². The van der Waals surface area contributed by atoms with Crippen LogP contribution >= 0.6 is 11.3 Å². The van der Waals surface area contributed by atoms with E-state index in [9.17, 15) is 9.59 Å². The smallest absolute Gasteiger partial charge is 0.309 e. The number of aryl methyl sites for hydroxylation is 1. The third-order valence-corrected chi connectivity index (χ3v) is 5.65. The second-order valence-corrected chi connectivity index (χ2v) is 7.86. The molecule has 0 bridgehead atoms. The van der Waals surface area contributed by atoms with Crippen LogP contribution in [-0.2, 0) is 27.4 Å². The van der Waals surface area contributed by atoms with Crippen LogP contribution in [0.25, 0.3) is 0 Å². The van der Waals surface area contributed by atoms with E-state index in [4.69, 9.17) is 9.47 Å². The summed E-state index contributed by atoms with van der Waals surface area (Å²) in [6.45, 7) is 5.83. The molecule has 6 nitrogen and oxygen atoms in total. The summed E-state index contributed by atoms with van der Waals surface area (Å²) in [6, 6.07) is 7.89. The number of aromatic nitrogens is 1. The molecule has 1 aliphatic rings. The molecule has 2 heterocycles. The van der Waals surface area contributed by atoms with Crippen molar-refractivity contribution in [2.45, 2.75) is 39.7 Å². The SMILES string of the molecule is CCOC(=O)C1CCN(C(=O)Cc2csc(COc3ccc(C)cc3)n2)CC1. The monoisotopic (exact) mass is 402 g/mol. The average molecular weight is 403 g/mol. The Kier molecular flexibility index (Phi) is 7.03. The molecule has 0 atom stereocenters. The molecular formula is C21H26N2O4S. The molecule has 1 aromatic heterocycles. The lowest BCUT2D eigenvalue weighted by Crippen LogP contribution is -2.41. The molecule has 0 aliphatic carbocycles. The van der Waals surface area contributed by atoms with Crippen LogP contribution in [0, 0.1) is 12.8 Å². The molecule has 0 saturated carbocycles. The molecule has 1 aliphatic heterocycles. The van der Waals surface area contributed by atoms with Gasteiger partial charge in [0.15, 0.2) is 0 Å². The maximum atomic E-state index is 12.5. The van der Waals surface area contributed by atoms with Gasteiger partial charge in [-0.1, -0.05) is 17.7 Å². The number of rotatable bonds is 7. The highest BCUT2D eigenvalue weighted by Gasteiger charge is 2.28. The number of thiazole rings is 1. The minimum Gasteiger partial charge on any atom is -0.486 e. The fraction of sp³-hybridized carbons (Fsp3) is 0.476. The van der Waals surface area contributed by atoms with Gasteiger partial charge in [0, 0.05) is 18.5 Å². The average Bonchev–Trinajstić information content (AvgIpc) is 3.15. The Hall–Kier alpha value is -2.41. The van der Waals surface area contributed by atoms with Crippen LogP contribution in [0.1, 0.15) is 36.0 Å². The summed E-state index contributed by atoms with van der Waals surface area (Å²) in [5, 5.41) is 2.77. The van der Waals surface area contributed by atoms with Crippen LogP contribution in [0.3, 0.4) is 0 Å². The van der Waals surface area contributed by atoms with Gasteiger partial charge in [0.05, 0.1) is 24.6 Å². The standard InChI is InChI=1S/C21H26N2O4S/c1-3-26-21(25)16-8-10-23(11-9-16)20(24)12-17-14-28-19(22-17)13-27-18-6-4-15(2)5-7-18/h4-7,14,16H,3,8-13H2,1-2H3. The molecule has 0 spiro atoms. The quantitative estimate of drug-likeness (QED) is 0.664. The first-order valence-electron chi connectivity index (χ1n) is 9.62. The zero-order valence-electron chi connectivity index (χ0n) is 16.3. The Morgan fingerprint density at radius 2 is 1.93 bits per heavy atom. The Labute approximate surface area is 169 Å². The van der Waals surface area contributed by atoms with Crippen LogP contribution in [-0.4, -0.2) is 41.5 Å². The summed E-state index contributed by atoms with van der Waals surface area (Å²) in [6.07, 6.45) is 1.61. The van der Waals surface area contributed by atoms with E-state index in [0.717, 1.165) is 16.5 Å². The molecule has 7 heteroatoms. The van der Waals surface area contributed by atoms with Crippen LogP contribution in [0.2, 0.25) is 0 Å². The van der Waals surface area contributed by atoms with Crippen molar-refractivity contribution in [2.75, 3.05) is 19.7 Å². The van der Waals surface area contributed by atoms with Crippen LogP contribution < -0.4 is 4.74 Å². The van der Waals surface area contributed by atoms with Crippen LogP contribution in [0.15, 0.2) is 29.6 Å². The fourth-order valence-electron chi connectivity index (χ4n) is 3.17. The van der Waals surface area contributed by atoms with E-state index < -0.39 is 0 Å². The molecule has 3 rings (SSSR count). The van der Waals surface area contributed by atoms with Gasteiger partial charge in [0.25, 0.3) is 0 Å². The number of piperidine rings is 1. The number of ether oxygens (including phenoxy) is 2. The number of nitrogens with zero attached hydrogens (tertiary/aromatic N) is 2. The third kappa shape index (κ3) is 5.55. The summed E-state index contributed by atoms with van der Waals surface area (Å²) in [7, 11) is 0. The Bertz CT molecular complexity index is 795. The molecule has 0 radical (unpaired) electrons. The number of hydrogen-bond acceptors (Lipinski definition) is 6. The van der Waals surface area contributed by atoms with E-state index in [0.29, 0.717) is 39.1 Å². The lowest BCUT2D eigenvalue weighted by atomic mass is 9.97. The molecule has 1 fully saturated rings. The van der Waals surface area contributed by atoms with Gasteiger partial charge in [0.1, 0.15) is 17.4 Å². The molecular weight excluding hydrogens is 376 g/mol. The second-order valence-electron chi connectivity index (χ2n) is 6.92. The van der Waals surface area contributed by atoms with Crippen LogP contribution in [0.4, 0.5) is 0 Å². The highest BCUT2D eigenvalue weighted by molar-refractivity contribution is 7.09. The van der Waals surface area contributed by atoms with Gasteiger partial charge in [-0.15, -0.1) is 11.3 Å². The van der Waals surface area contributed by atoms with E-state index in [1.807, 2.05) is 48.4 Å². The largest absolute Gasteiger partial charge is 0.486 e. The Morgan fingerprint density at radius 3 is 2.61 bits per heavy atom. The minimum atomic E-state index is -0.146. The van der Waals surface area contributed by atoms with Crippen molar-refractivity contribution >= 4 is 23.2 Å². The van der Waals surface area contributed by atoms with Gasteiger partial charge < -0.3 is 14.4 Å². The number of carbonyl (C=O) groups is 2. The number of benzene rings is 1. The first-order valence-corrected chi connectivity index (χ1v) is 10.5. The predicted molar refractivity (Wildman–Crippen MR) is 107 cm³/mol. The zero-order valence-corrected chi connectivity index (χ0v) is 17.2. The van der Waals surface area contributed by atoms with E-state index in [-0.39, 0.29) is 24.2 Å². The lowest BCUT2D eigenvalue weighted by molar-refractivity contribution is -0.151. The Morgan fingerprint density at radius 1 is 1.21 bits per heavy atom. The lowest BCUT2D eigenvalue weighted by Gasteiger charge is -2.30. The molecule has 0 unspecified atom stereocenters.